The van der Waals surface area contributed by atoms with Gasteiger partial charge in [0.05, 0.1) is 11.7 Å². The van der Waals surface area contributed by atoms with Crippen LogP contribution in [0.15, 0.2) is 0 Å². The van der Waals surface area contributed by atoms with E-state index in [4.69, 9.17) is 4.74 Å². The van der Waals surface area contributed by atoms with Crippen molar-refractivity contribution in [1.82, 2.24) is 0 Å². The predicted molar refractivity (Wildman–Crippen MR) is 52.3 cm³/mol. The van der Waals surface area contributed by atoms with Gasteiger partial charge in [0.2, 0.25) is 0 Å². The van der Waals surface area contributed by atoms with Gasteiger partial charge in [-0.25, -0.2) is 0 Å². The highest BCUT2D eigenvalue weighted by atomic mass is 16.5. The summed E-state index contributed by atoms with van der Waals surface area (Å²) in [7, 11) is 0. The van der Waals surface area contributed by atoms with Crippen molar-refractivity contribution in [1.29, 1.82) is 0 Å². The van der Waals surface area contributed by atoms with Crippen molar-refractivity contribution in [3.8, 4) is 0 Å². The lowest BCUT2D eigenvalue weighted by Crippen LogP contribution is -2.36. The highest BCUT2D eigenvalue weighted by molar-refractivity contribution is 4.95. The lowest BCUT2D eigenvalue weighted by molar-refractivity contribution is -0.0912. The summed E-state index contributed by atoms with van der Waals surface area (Å²) in [5.74, 6) is 0. The average molecular weight is 170 g/mol. The molecule has 1 unspecified atom stereocenters. The molecule has 0 amide bonds. The van der Waals surface area contributed by atoms with E-state index >= 15 is 0 Å². The van der Waals surface area contributed by atoms with E-state index in [9.17, 15) is 0 Å². The summed E-state index contributed by atoms with van der Waals surface area (Å²) in [6.45, 7) is 6.22. The van der Waals surface area contributed by atoms with Crippen LogP contribution in [0.2, 0.25) is 0 Å². The van der Waals surface area contributed by atoms with E-state index in [2.05, 4.69) is 6.92 Å². The van der Waals surface area contributed by atoms with E-state index in [0.717, 1.165) is 0 Å². The summed E-state index contributed by atoms with van der Waals surface area (Å²) < 4.78 is 5.93. The molecule has 1 aliphatic heterocycles. The van der Waals surface area contributed by atoms with E-state index in [0.29, 0.717) is 11.7 Å². The largest absolute Gasteiger partial charge is 0.372 e. The fourth-order valence-corrected chi connectivity index (χ4v) is 2.12. The molecule has 0 bridgehead atoms. The minimum absolute atomic E-state index is 0.390. The first kappa shape index (κ1) is 10.0. The molecule has 1 spiro atoms. The molecule has 2 rings (SSSR count). The molecule has 0 radical (unpaired) electrons. The second kappa shape index (κ2) is 4.27. The first-order chi connectivity index (χ1) is 5.85. The third-order valence-electron chi connectivity index (χ3n) is 3.06. The van der Waals surface area contributed by atoms with Gasteiger partial charge in [-0.1, -0.05) is 20.8 Å². The summed E-state index contributed by atoms with van der Waals surface area (Å²) >= 11 is 0. The van der Waals surface area contributed by atoms with Crippen LogP contribution >= 0.6 is 0 Å². The van der Waals surface area contributed by atoms with Crippen molar-refractivity contribution in [3.05, 3.63) is 0 Å². The zero-order valence-corrected chi connectivity index (χ0v) is 8.73. The van der Waals surface area contributed by atoms with Gasteiger partial charge in [-0.15, -0.1) is 0 Å². The summed E-state index contributed by atoms with van der Waals surface area (Å²) in [5.41, 5.74) is 0.390. The van der Waals surface area contributed by atoms with Crippen LogP contribution in [0.25, 0.3) is 0 Å². The number of hydrogen-bond acceptors (Lipinski definition) is 1. The van der Waals surface area contributed by atoms with Gasteiger partial charge in [0.15, 0.2) is 0 Å². The minimum atomic E-state index is 0.390. The molecule has 1 aliphatic carbocycles. The van der Waals surface area contributed by atoms with Gasteiger partial charge in [0, 0.05) is 0 Å². The molecule has 1 saturated carbocycles. The van der Waals surface area contributed by atoms with Crippen LogP contribution < -0.4 is 0 Å². The quantitative estimate of drug-likeness (QED) is 0.585. The Bertz CT molecular complexity index is 127. The van der Waals surface area contributed by atoms with Gasteiger partial charge >= 0.3 is 0 Å². The molecule has 12 heavy (non-hydrogen) atoms. The Morgan fingerprint density at radius 1 is 1.25 bits per heavy atom. The molecule has 2 aliphatic rings. The van der Waals surface area contributed by atoms with Crippen molar-refractivity contribution in [2.24, 2.45) is 0 Å². The van der Waals surface area contributed by atoms with Crippen molar-refractivity contribution in [2.45, 2.75) is 71.0 Å². The smallest absolute Gasteiger partial charge is 0.0687 e. The topological polar surface area (TPSA) is 9.23 Å². The Kier molecular flexibility index (Phi) is 3.57. The van der Waals surface area contributed by atoms with Crippen LogP contribution in [0.5, 0.6) is 0 Å². The first-order valence-corrected chi connectivity index (χ1v) is 5.52. The molecular weight excluding hydrogens is 148 g/mol. The lowest BCUT2D eigenvalue weighted by atomic mass is 9.78. The second-order valence-corrected chi connectivity index (χ2v) is 3.72. The van der Waals surface area contributed by atoms with Crippen LogP contribution in [0.4, 0.5) is 0 Å². The molecule has 1 heterocycles. The van der Waals surface area contributed by atoms with Crippen LogP contribution in [-0.2, 0) is 4.74 Å². The lowest BCUT2D eigenvalue weighted by Gasteiger charge is -2.37. The molecule has 1 nitrogen and oxygen atoms in total. The summed E-state index contributed by atoms with van der Waals surface area (Å²) in [6, 6.07) is 0. The molecule has 0 aromatic rings. The molecule has 0 aromatic heterocycles. The van der Waals surface area contributed by atoms with Gasteiger partial charge in [0.25, 0.3) is 0 Å². The van der Waals surface area contributed by atoms with E-state index in [1.54, 1.807) is 0 Å². The maximum atomic E-state index is 5.93. The highest BCUT2D eigenvalue weighted by Gasteiger charge is 2.43. The van der Waals surface area contributed by atoms with Crippen LogP contribution in [0.1, 0.15) is 59.3 Å². The zero-order chi connectivity index (χ0) is 9.03. The standard InChI is InChI=1S/C9H16O.C2H6/c1-2-8-4-7-9(10-8)5-3-6-9;1-2/h8H,2-7H2,1H3;1-2H3. The average Bonchev–Trinajstić information content (AvgIpc) is 2.51. The number of ether oxygens (including phenoxy) is 1. The summed E-state index contributed by atoms with van der Waals surface area (Å²) in [5, 5.41) is 0. The normalized spacial score (nSPS) is 30.8. The third-order valence-corrected chi connectivity index (χ3v) is 3.06. The molecule has 1 saturated heterocycles. The first-order valence-electron chi connectivity index (χ1n) is 5.52. The molecular formula is C11H22O. The van der Waals surface area contributed by atoms with Crippen molar-refractivity contribution >= 4 is 0 Å². The van der Waals surface area contributed by atoms with E-state index in [-0.39, 0.29) is 0 Å². The second-order valence-electron chi connectivity index (χ2n) is 3.72. The maximum Gasteiger partial charge on any atom is 0.0687 e. The molecule has 1 atom stereocenters. The molecule has 72 valence electrons. The summed E-state index contributed by atoms with van der Waals surface area (Å²) in [4.78, 5) is 0. The third kappa shape index (κ3) is 1.82. The Morgan fingerprint density at radius 3 is 2.17 bits per heavy atom. The predicted octanol–water partition coefficient (Wildman–Crippen LogP) is 3.52. The van der Waals surface area contributed by atoms with Crippen LogP contribution in [-0.4, -0.2) is 11.7 Å². The van der Waals surface area contributed by atoms with Crippen molar-refractivity contribution in [3.63, 3.8) is 0 Å². The SMILES string of the molecule is CC.CCC1CCC2(CCC2)O1. The zero-order valence-electron chi connectivity index (χ0n) is 8.73. The number of hydrogen-bond donors (Lipinski definition) is 0. The Balaban J connectivity index is 0.000000336. The van der Waals surface area contributed by atoms with Gasteiger partial charge in [-0.2, -0.15) is 0 Å². The van der Waals surface area contributed by atoms with Crippen LogP contribution in [0.3, 0.4) is 0 Å². The Morgan fingerprint density at radius 2 is 1.92 bits per heavy atom. The Hall–Kier alpha value is -0.0400. The molecule has 2 fully saturated rings. The monoisotopic (exact) mass is 170 g/mol. The minimum Gasteiger partial charge on any atom is -0.372 e. The fraction of sp³-hybridized carbons (Fsp3) is 1.00. The van der Waals surface area contributed by atoms with Gasteiger partial charge in [-0.3, -0.25) is 0 Å². The van der Waals surface area contributed by atoms with Gasteiger partial charge in [-0.05, 0) is 38.5 Å². The van der Waals surface area contributed by atoms with E-state index in [1.807, 2.05) is 13.8 Å². The Labute approximate surface area is 76.5 Å². The van der Waals surface area contributed by atoms with Crippen molar-refractivity contribution < 1.29 is 4.74 Å². The van der Waals surface area contributed by atoms with Gasteiger partial charge < -0.3 is 4.74 Å². The number of rotatable bonds is 1. The highest BCUT2D eigenvalue weighted by Crippen LogP contribution is 2.45. The van der Waals surface area contributed by atoms with Crippen LogP contribution in [0, 0.1) is 0 Å². The molecule has 0 aromatic carbocycles. The molecule has 0 N–H and O–H groups in total. The van der Waals surface area contributed by atoms with E-state index in [1.165, 1.54) is 38.5 Å². The summed E-state index contributed by atoms with van der Waals surface area (Å²) in [6.07, 6.45) is 8.54. The fourth-order valence-electron chi connectivity index (χ4n) is 2.12. The maximum absolute atomic E-state index is 5.93. The van der Waals surface area contributed by atoms with E-state index < -0.39 is 0 Å². The van der Waals surface area contributed by atoms with Crippen molar-refractivity contribution in [2.75, 3.05) is 0 Å². The van der Waals surface area contributed by atoms with Gasteiger partial charge in [0.1, 0.15) is 0 Å². The molecule has 1 heteroatoms.